The molecule has 2 rings (SSSR count). The summed E-state index contributed by atoms with van der Waals surface area (Å²) < 4.78 is 25.1. The van der Waals surface area contributed by atoms with Crippen LogP contribution in [0.25, 0.3) is 0 Å². The number of sulfonamides is 1. The van der Waals surface area contributed by atoms with Crippen LogP contribution in [0.2, 0.25) is 0 Å². The summed E-state index contributed by atoms with van der Waals surface area (Å²) in [5.74, 6) is -0.605. The van der Waals surface area contributed by atoms with E-state index in [1.165, 1.54) is 51.2 Å². The van der Waals surface area contributed by atoms with Gasteiger partial charge in [-0.05, 0) is 37.1 Å². The molecule has 26 heavy (non-hydrogen) atoms. The maximum Gasteiger partial charge on any atom is 0.251 e. The number of carbonyl (C=O) groups excluding carboxylic acids is 2. The van der Waals surface area contributed by atoms with Gasteiger partial charge < -0.3 is 10.6 Å². The van der Waals surface area contributed by atoms with Crippen molar-refractivity contribution in [2.24, 2.45) is 0 Å². The number of nitrogens with one attached hydrogen (secondary N) is 2. The van der Waals surface area contributed by atoms with Crippen molar-refractivity contribution in [1.29, 1.82) is 0 Å². The SMILES string of the molecule is CN(C)S(=O)(=O)c1ccc(C(=O)NCC(=O)NC2CCCCCC2)cc1. The van der Waals surface area contributed by atoms with Gasteiger partial charge in [-0.1, -0.05) is 25.7 Å². The van der Waals surface area contributed by atoms with Crippen molar-refractivity contribution < 1.29 is 18.0 Å². The second-order valence-corrected chi connectivity index (χ2v) is 8.90. The monoisotopic (exact) mass is 381 g/mol. The van der Waals surface area contributed by atoms with Crippen LogP contribution in [0, 0.1) is 0 Å². The number of hydrogen-bond donors (Lipinski definition) is 2. The maximum absolute atomic E-state index is 12.1. The molecule has 0 aliphatic heterocycles. The molecule has 0 unspecified atom stereocenters. The number of carbonyl (C=O) groups is 2. The third-order valence-electron chi connectivity index (χ3n) is 4.52. The molecule has 0 bridgehead atoms. The van der Waals surface area contributed by atoms with Crippen LogP contribution in [-0.4, -0.2) is 51.2 Å². The zero-order valence-electron chi connectivity index (χ0n) is 15.3. The van der Waals surface area contributed by atoms with Gasteiger partial charge in [0.1, 0.15) is 0 Å². The van der Waals surface area contributed by atoms with Gasteiger partial charge in [0, 0.05) is 25.7 Å². The van der Waals surface area contributed by atoms with Gasteiger partial charge in [0.15, 0.2) is 0 Å². The first kappa shape index (κ1) is 20.4. The highest BCUT2D eigenvalue weighted by molar-refractivity contribution is 7.89. The molecule has 0 heterocycles. The molecule has 7 nitrogen and oxygen atoms in total. The van der Waals surface area contributed by atoms with Crippen LogP contribution in [0.5, 0.6) is 0 Å². The molecule has 0 spiro atoms. The fourth-order valence-corrected chi connectivity index (χ4v) is 3.86. The number of nitrogens with zero attached hydrogens (tertiary/aromatic N) is 1. The minimum absolute atomic E-state index is 0.0902. The number of hydrogen-bond acceptors (Lipinski definition) is 4. The lowest BCUT2D eigenvalue weighted by Crippen LogP contribution is -2.41. The van der Waals surface area contributed by atoms with E-state index < -0.39 is 15.9 Å². The molecule has 1 fully saturated rings. The first-order chi connectivity index (χ1) is 12.3. The van der Waals surface area contributed by atoms with Crippen molar-refractivity contribution in [2.45, 2.75) is 49.5 Å². The van der Waals surface area contributed by atoms with E-state index in [4.69, 9.17) is 0 Å². The van der Waals surface area contributed by atoms with E-state index >= 15 is 0 Å². The summed E-state index contributed by atoms with van der Waals surface area (Å²) in [5.41, 5.74) is 0.310. The highest BCUT2D eigenvalue weighted by Crippen LogP contribution is 2.17. The van der Waals surface area contributed by atoms with Crippen LogP contribution in [-0.2, 0) is 14.8 Å². The van der Waals surface area contributed by atoms with Crippen LogP contribution < -0.4 is 10.6 Å². The standard InChI is InChI=1S/C18H27N3O4S/c1-21(2)26(24,25)16-11-9-14(10-12-16)18(23)19-13-17(22)20-15-7-5-3-4-6-8-15/h9-12,15H,3-8,13H2,1-2H3,(H,19,23)(H,20,22). The summed E-state index contributed by atoms with van der Waals surface area (Å²) >= 11 is 0. The normalized spacial score (nSPS) is 16.1. The second-order valence-electron chi connectivity index (χ2n) is 6.75. The van der Waals surface area contributed by atoms with E-state index in [-0.39, 0.29) is 23.4 Å². The molecule has 2 amide bonds. The summed E-state index contributed by atoms with van der Waals surface area (Å²) in [4.78, 5) is 24.3. The molecule has 0 saturated heterocycles. The van der Waals surface area contributed by atoms with E-state index in [0.29, 0.717) is 5.56 Å². The zero-order chi connectivity index (χ0) is 19.2. The van der Waals surface area contributed by atoms with E-state index in [1.807, 2.05) is 0 Å². The minimum Gasteiger partial charge on any atom is -0.352 e. The Kier molecular flexibility index (Phi) is 7.16. The van der Waals surface area contributed by atoms with Crippen LogP contribution in [0.4, 0.5) is 0 Å². The van der Waals surface area contributed by atoms with E-state index in [2.05, 4.69) is 10.6 Å². The quantitative estimate of drug-likeness (QED) is 0.730. The molecule has 1 aliphatic carbocycles. The third-order valence-corrected chi connectivity index (χ3v) is 6.35. The predicted octanol–water partition coefficient (Wildman–Crippen LogP) is 1.51. The Morgan fingerprint density at radius 1 is 1.04 bits per heavy atom. The summed E-state index contributed by atoms with van der Waals surface area (Å²) in [6.45, 7) is -0.0902. The second kappa shape index (κ2) is 9.14. The Labute approximate surface area is 155 Å². The van der Waals surface area contributed by atoms with Crippen molar-refractivity contribution in [3.63, 3.8) is 0 Å². The molecular formula is C18H27N3O4S. The molecule has 144 valence electrons. The molecule has 8 heteroatoms. The largest absolute Gasteiger partial charge is 0.352 e. The average Bonchev–Trinajstić information content (AvgIpc) is 2.88. The lowest BCUT2D eigenvalue weighted by molar-refractivity contribution is -0.120. The van der Waals surface area contributed by atoms with Gasteiger partial charge in [0.05, 0.1) is 11.4 Å². The van der Waals surface area contributed by atoms with E-state index in [1.54, 1.807) is 0 Å². The summed E-state index contributed by atoms with van der Waals surface area (Å²) in [6.07, 6.45) is 6.65. The molecule has 1 aliphatic rings. The van der Waals surface area contributed by atoms with Gasteiger partial charge in [-0.2, -0.15) is 0 Å². The van der Waals surface area contributed by atoms with Crippen molar-refractivity contribution >= 4 is 21.8 Å². The van der Waals surface area contributed by atoms with Crippen LogP contribution in [0.3, 0.4) is 0 Å². The topological polar surface area (TPSA) is 95.6 Å². The lowest BCUT2D eigenvalue weighted by atomic mass is 10.1. The van der Waals surface area contributed by atoms with Crippen LogP contribution in [0.1, 0.15) is 48.9 Å². The van der Waals surface area contributed by atoms with Crippen molar-refractivity contribution in [2.75, 3.05) is 20.6 Å². The van der Waals surface area contributed by atoms with Crippen molar-refractivity contribution in [3.8, 4) is 0 Å². The van der Waals surface area contributed by atoms with Gasteiger partial charge >= 0.3 is 0 Å². The first-order valence-electron chi connectivity index (χ1n) is 8.91. The zero-order valence-corrected chi connectivity index (χ0v) is 16.1. The van der Waals surface area contributed by atoms with Crippen molar-refractivity contribution in [1.82, 2.24) is 14.9 Å². The molecule has 0 atom stereocenters. The Hall–Kier alpha value is -1.93. The molecular weight excluding hydrogens is 354 g/mol. The van der Waals surface area contributed by atoms with Gasteiger partial charge in [0.25, 0.3) is 5.91 Å². The summed E-state index contributed by atoms with van der Waals surface area (Å²) in [6, 6.07) is 5.84. The fraction of sp³-hybridized carbons (Fsp3) is 0.556. The Balaban J connectivity index is 1.86. The summed E-state index contributed by atoms with van der Waals surface area (Å²) in [5, 5.41) is 5.54. The fourth-order valence-electron chi connectivity index (χ4n) is 2.95. The number of amides is 2. The lowest BCUT2D eigenvalue weighted by Gasteiger charge is -2.16. The van der Waals surface area contributed by atoms with Crippen LogP contribution >= 0.6 is 0 Å². The van der Waals surface area contributed by atoms with E-state index in [0.717, 1.165) is 30.0 Å². The minimum atomic E-state index is -3.53. The molecule has 0 radical (unpaired) electrons. The first-order valence-corrected chi connectivity index (χ1v) is 10.3. The summed E-state index contributed by atoms with van der Waals surface area (Å²) in [7, 11) is -0.632. The van der Waals surface area contributed by atoms with Gasteiger partial charge in [-0.15, -0.1) is 0 Å². The van der Waals surface area contributed by atoms with Gasteiger partial charge in [-0.25, -0.2) is 12.7 Å². The third kappa shape index (κ3) is 5.54. The van der Waals surface area contributed by atoms with Gasteiger partial charge in [-0.3, -0.25) is 9.59 Å². The van der Waals surface area contributed by atoms with Gasteiger partial charge in [0.2, 0.25) is 15.9 Å². The predicted molar refractivity (Wildman–Crippen MR) is 99.3 cm³/mol. The Morgan fingerprint density at radius 3 is 2.15 bits per heavy atom. The maximum atomic E-state index is 12.1. The molecule has 1 saturated carbocycles. The number of rotatable bonds is 6. The Morgan fingerprint density at radius 2 is 1.62 bits per heavy atom. The van der Waals surface area contributed by atoms with E-state index in [9.17, 15) is 18.0 Å². The van der Waals surface area contributed by atoms with Crippen molar-refractivity contribution in [3.05, 3.63) is 29.8 Å². The smallest absolute Gasteiger partial charge is 0.251 e. The average molecular weight is 381 g/mol. The van der Waals surface area contributed by atoms with Crippen LogP contribution in [0.15, 0.2) is 29.2 Å². The molecule has 1 aromatic carbocycles. The number of benzene rings is 1. The highest BCUT2D eigenvalue weighted by atomic mass is 32.2. The highest BCUT2D eigenvalue weighted by Gasteiger charge is 2.18. The Bertz CT molecular complexity index is 721. The molecule has 2 N–H and O–H groups in total. The molecule has 0 aromatic heterocycles. The molecule has 1 aromatic rings.